The van der Waals surface area contributed by atoms with Crippen molar-refractivity contribution in [2.45, 2.75) is 12.3 Å². The minimum Gasteiger partial charge on any atom is -0.496 e. The van der Waals surface area contributed by atoms with Gasteiger partial charge in [-0.3, -0.25) is 0 Å². The molecule has 1 aliphatic heterocycles. The summed E-state index contributed by atoms with van der Waals surface area (Å²) in [7, 11) is 1.71. The van der Waals surface area contributed by atoms with Gasteiger partial charge in [-0.05, 0) is 30.5 Å². The van der Waals surface area contributed by atoms with E-state index in [9.17, 15) is 0 Å². The maximum Gasteiger partial charge on any atom is 0.122 e. The third kappa shape index (κ3) is 2.20. The fraction of sp³-hybridized carbons (Fsp3) is 0.538. The van der Waals surface area contributed by atoms with E-state index in [-0.39, 0.29) is 0 Å². The molecule has 2 unspecified atom stereocenters. The van der Waals surface area contributed by atoms with E-state index in [0.29, 0.717) is 18.4 Å². The van der Waals surface area contributed by atoms with Gasteiger partial charge in [0.15, 0.2) is 0 Å². The molecule has 0 spiro atoms. The number of para-hydroxylation sites is 1. The summed E-state index contributed by atoms with van der Waals surface area (Å²) >= 11 is 0. The first-order valence-electron chi connectivity index (χ1n) is 5.77. The van der Waals surface area contributed by atoms with Crippen molar-refractivity contribution in [2.24, 2.45) is 11.7 Å². The van der Waals surface area contributed by atoms with Crippen LogP contribution in [0, 0.1) is 5.92 Å². The molecular weight excluding hydrogens is 202 g/mol. The predicted molar refractivity (Wildman–Crippen MR) is 63.7 cm³/mol. The highest BCUT2D eigenvalue weighted by molar-refractivity contribution is 5.37. The van der Waals surface area contributed by atoms with Crippen LogP contribution in [0.5, 0.6) is 5.75 Å². The molecule has 3 nitrogen and oxygen atoms in total. The lowest BCUT2D eigenvalue weighted by atomic mass is 9.83. The van der Waals surface area contributed by atoms with E-state index in [2.05, 4.69) is 6.07 Å². The molecule has 0 bridgehead atoms. The Balaban J connectivity index is 2.26. The van der Waals surface area contributed by atoms with Crippen molar-refractivity contribution in [2.75, 3.05) is 26.9 Å². The van der Waals surface area contributed by atoms with E-state index in [1.165, 1.54) is 5.56 Å². The van der Waals surface area contributed by atoms with Crippen LogP contribution in [0.4, 0.5) is 0 Å². The molecule has 1 aliphatic rings. The van der Waals surface area contributed by atoms with Gasteiger partial charge >= 0.3 is 0 Å². The Morgan fingerprint density at radius 3 is 3.00 bits per heavy atom. The second-order valence-electron chi connectivity index (χ2n) is 4.21. The molecule has 0 aromatic heterocycles. The molecule has 0 aliphatic carbocycles. The van der Waals surface area contributed by atoms with Gasteiger partial charge in [0.1, 0.15) is 5.75 Å². The minimum atomic E-state index is 0.370. The normalized spacial score (nSPS) is 25.4. The Morgan fingerprint density at radius 1 is 1.44 bits per heavy atom. The molecule has 1 aromatic rings. The molecule has 3 heteroatoms. The highest BCUT2D eigenvalue weighted by Crippen LogP contribution is 2.35. The summed E-state index contributed by atoms with van der Waals surface area (Å²) < 4.78 is 11.0. The van der Waals surface area contributed by atoms with Gasteiger partial charge in [-0.2, -0.15) is 0 Å². The predicted octanol–water partition coefficient (Wildman–Crippen LogP) is 1.77. The Labute approximate surface area is 96.5 Å². The molecule has 16 heavy (non-hydrogen) atoms. The molecular formula is C13H19NO2. The maximum absolute atomic E-state index is 5.83. The van der Waals surface area contributed by atoms with Gasteiger partial charge in [-0.1, -0.05) is 18.2 Å². The molecule has 0 amide bonds. The van der Waals surface area contributed by atoms with Gasteiger partial charge in [0, 0.05) is 12.5 Å². The van der Waals surface area contributed by atoms with Gasteiger partial charge in [0.2, 0.25) is 0 Å². The Bertz CT molecular complexity index is 340. The molecule has 2 atom stereocenters. The number of ether oxygens (including phenoxy) is 2. The molecule has 1 heterocycles. The Kier molecular flexibility index (Phi) is 3.80. The largest absolute Gasteiger partial charge is 0.496 e. The maximum atomic E-state index is 5.83. The number of hydrogen-bond donors (Lipinski definition) is 1. The fourth-order valence-corrected chi connectivity index (χ4v) is 2.38. The van der Waals surface area contributed by atoms with Crippen LogP contribution in [0.2, 0.25) is 0 Å². The van der Waals surface area contributed by atoms with Crippen molar-refractivity contribution >= 4 is 0 Å². The zero-order valence-corrected chi connectivity index (χ0v) is 9.69. The fourth-order valence-electron chi connectivity index (χ4n) is 2.38. The van der Waals surface area contributed by atoms with Crippen LogP contribution < -0.4 is 10.5 Å². The lowest BCUT2D eigenvalue weighted by Gasteiger charge is -2.31. The lowest BCUT2D eigenvalue weighted by molar-refractivity contribution is 0.0486. The third-order valence-electron chi connectivity index (χ3n) is 3.34. The molecule has 1 fully saturated rings. The minimum absolute atomic E-state index is 0.370. The van der Waals surface area contributed by atoms with Crippen LogP contribution in [0.3, 0.4) is 0 Å². The first-order chi connectivity index (χ1) is 7.86. The van der Waals surface area contributed by atoms with Crippen LogP contribution in [-0.2, 0) is 4.74 Å². The van der Waals surface area contributed by atoms with E-state index < -0.39 is 0 Å². The average Bonchev–Trinajstić information content (AvgIpc) is 2.38. The highest BCUT2D eigenvalue weighted by atomic mass is 16.5. The summed E-state index contributed by atoms with van der Waals surface area (Å²) in [6.07, 6.45) is 1.04. The number of benzene rings is 1. The summed E-state index contributed by atoms with van der Waals surface area (Å²) in [5.41, 5.74) is 7.05. The van der Waals surface area contributed by atoms with Crippen LogP contribution in [0.25, 0.3) is 0 Å². The number of rotatable bonds is 3. The molecule has 1 aromatic carbocycles. The molecule has 2 N–H and O–H groups in total. The van der Waals surface area contributed by atoms with Crippen LogP contribution in [-0.4, -0.2) is 26.9 Å². The van der Waals surface area contributed by atoms with Crippen molar-refractivity contribution in [3.05, 3.63) is 29.8 Å². The zero-order valence-electron chi connectivity index (χ0n) is 9.69. The molecule has 0 saturated carbocycles. The monoisotopic (exact) mass is 221 g/mol. The number of hydrogen-bond acceptors (Lipinski definition) is 3. The lowest BCUT2D eigenvalue weighted by Crippen LogP contribution is -2.31. The third-order valence-corrected chi connectivity index (χ3v) is 3.34. The van der Waals surface area contributed by atoms with Crippen molar-refractivity contribution in [3.63, 3.8) is 0 Å². The molecule has 1 saturated heterocycles. The average molecular weight is 221 g/mol. The Morgan fingerprint density at radius 2 is 2.25 bits per heavy atom. The van der Waals surface area contributed by atoms with Gasteiger partial charge in [0.05, 0.1) is 13.7 Å². The summed E-state index contributed by atoms with van der Waals surface area (Å²) in [4.78, 5) is 0. The highest BCUT2D eigenvalue weighted by Gasteiger charge is 2.27. The molecule has 88 valence electrons. The van der Waals surface area contributed by atoms with Gasteiger partial charge < -0.3 is 15.2 Å². The number of nitrogens with two attached hydrogens (primary N) is 1. The second-order valence-corrected chi connectivity index (χ2v) is 4.21. The summed E-state index contributed by atoms with van der Waals surface area (Å²) in [5.74, 6) is 1.82. The standard InChI is InChI=1S/C13H19NO2/c1-15-13-5-3-2-4-11(13)12-9-16-7-6-10(12)8-14/h2-5,10,12H,6-9,14H2,1H3. The van der Waals surface area contributed by atoms with Crippen LogP contribution in [0.15, 0.2) is 24.3 Å². The number of methoxy groups -OCH3 is 1. The van der Waals surface area contributed by atoms with Crippen molar-refractivity contribution in [1.29, 1.82) is 0 Å². The van der Waals surface area contributed by atoms with Gasteiger partial charge in [-0.25, -0.2) is 0 Å². The molecule has 2 rings (SSSR count). The summed E-state index contributed by atoms with van der Waals surface area (Å²) in [6, 6.07) is 8.14. The van der Waals surface area contributed by atoms with Crippen molar-refractivity contribution in [1.82, 2.24) is 0 Å². The first-order valence-corrected chi connectivity index (χ1v) is 5.77. The van der Waals surface area contributed by atoms with Crippen LogP contribution in [0.1, 0.15) is 17.9 Å². The first kappa shape index (κ1) is 11.4. The van der Waals surface area contributed by atoms with Crippen molar-refractivity contribution in [3.8, 4) is 5.75 Å². The van der Waals surface area contributed by atoms with E-state index in [1.807, 2.05) is 18.2 Å². The second kappa shape index (κ2) is 5.32. The van der Waals surface area contributed by atoms with E-state index in [4.69, 9.17) is 15.2 Å². The van der Waals surface area contributed by atoms with Gasteiger partial charge in [0.25, 0.3) is 0 Å². The Hall–Kier alpha value is -1.06. The summed E-state index contributed by atoms with van der Waals surface area (Å²) in [5, 5.41) is 0. The zero-order chi connectivity index (χ0) is 11.4. The van der Waals surface area contributed by atoms with Crippen molar-refractivity contribution < 1.29 is 9.47 Å². The SMILES string of the molecule is COc1ccccc1C1COCCC1CN. The van der Waals surface area contributed by atoms with E-state index in [1.54, 1.807) is 7.11 Å². The topological polar surface area (TPSA) is 44.5 Å². The van der Waals surface area contributed by atoms with E-state index >= 15 is 0 Å². The molecule has 0 radical (unpaired) electrons. The quantitative estimate of drug-likeness (QED) is 0.846. The smallest absolute Gasteiger partial charge is 0.122 e. The summed E-state index contributed by atoms with van der Waals surface area (Å²) in [6.45, 7) is 2.29. The van der Waals surface area contributed by atoms with Gasteiger partial charge in [-0.15, -0.1) is 0 Å². The van der Waals surface area contributed by atoms with E-state index in [0.717, 1.165) is 25.4 Å². The van der Waals surface area contributed by atoms with Crippen LogP contribution >= 0.6 is 0 Å².